The second-order valence-corrected chi connectivity index (χ2v) is 3.63. The first kappa shape index (κ1) is 11.8. The van der Waals surface area contributed by atoms with Crippen LogP contribution >= 0.6 is 15.9 Å². The minimum atomic E-state index is -0.663. The molecule has 0 aromatic carbocycles. The molecule has 5 nitrogen and oxygen atoms in total. The van der Waals surface area contributed by atoms with Gasteiger partial charge in [-0.3, -0.25) is 4.79 Å². The zero-order valence-corrected chi connectivity index (χ0v) is 9.84. The standard InChI is InChI=1S/C9H10BrNO4/c1-3-15-9(14)5-4(2)11-8(13)6(10)7(5)12/h3H2,1-2H3,(H2,11,12,13). The Morgan fingerprint density at radius 3 is 2.73 bits per heavy atom. The van der Waals surface area contributed by atoms with Crippen LogP contribution in [0.15, 0.2) is 9.27 Å². The predicted molar refractivity (Wildman–Crippen MR) is 57.1 cm³/mol. The summed E-state index contributed by atoms with van der Waals surface area (Å²) in [5.41, 5.74) is -0.236. The van der Waals surface area contributed by atoms with Crippen LogP contribution < -0.4 is 5.56 Å². The van der Waals surface area contributed by atoms with Crippen LogP contribution in [0.4, 0.5) is 0 Å². The summed E-state index contributed by atoms with van der Waals surface area (Å²) in [5.74, 6) is -1.06. The number of hydrogen-bond acceptors (Lipinski definition) is 4. The molecule has 0 atom stereocenters. The summed E-state index contributed by atoms with van der Waals surface area (Å²) < 4.78 is 4.67. The average molecular weight is 276 g/mol. The fourth-order valence-corrected chi connectivity index (χ4v) is 1.43. The van der Waals surface area contributed by atoms with Crippen molar-refractivity contribution in [3.05, 3.63) is 26.1 Å². The maximum Gasteiger partial charge on any atom is 0.343 e. The second-order valence-electron chi connectivity index (χ2n) is 2.84. The second kappa shape index (κ2) is 4.48. The van der Waals surface area contributed by atoms with Gasteiger partial charge in [-0.2, -0.15) is 0 Å². The van der Waals surface area contributed by atoms with Gasteiger partial charge in [-0.25, -0.2) is 4.79 Å². The predicted octanol–water partition coefficient (Wildman–Crippen LogP) is 1.33. The van der Waals surface area contributed by atoms with Crippen molar-refractivity contribution >= 4 is 21.9 Å². The minimum Gasteiger partial charge on any atom is -0.506 e. The van der Waals surface area contributed by atoms with Gasteiger partial charge < -0.3 is 14.8 Å². The molecule has 0 saturated carbocycles. The molecular formula is C9H10BrNO4. The molecule has 2 N–H and O–H groups in total. The number of carbonyl (C=O) groups excluding carboxylic acids is 1. The number of H-pyrrole nitrogens is 1. The van der Waals surface area contributed by atoms with Crippen molar-refractivity contribution in [3.8, 4) is 5.75 Å². The van der Waals surface area contributed by atoms with Crippen LogP contribution in [-0.4, -0.2) is 22.7 Å². The third kappa shape index (κ3) is 2.20. The Morgan fingerprint density at radius 2 is 2.20 bits per heavy atom. The summed E-state index contributed by atoms with van der Waals surface area (Å²) in [4.78, 5) is 25.0. The van der Waals surface area contributed by atoms with E-state index in [2.05, 4.69) is 20.9 Å². The highest BCUT2D eigenvalue weighted by atomic mass is 79.9. The largest absolute Gasteiger partial charge is 0.506 e. The van der Waals surface area contributed by atoms with Crippen molar-refractivity contribution in [1.29, 1.82) is 0 Å². The van der Waals surface area contributed by atoms with Gasteiger partial charge >= 0.3 is 5.97 Å². The Hall–Kier alpha value is -1.30. The van der Waals surface area contributed by atoms with E-state index < -0.39 is 17.3 Å². The van der Waals surface area contributed by atoms with Crippen molar-refractivity contribution in [2.75, 3.05) is 6.61 Å². The van der Waals surface area contributed by atoms with E-state index in [4.69, 9.17) is 4.74 Å². The first-order valence-corrected chi connectivity index (χ1v) is 5.06. The lowest BCUT2D eigenvalue weighted by molar-refractivity contribution is 0.0521. The Kier molecular flexibility index (Phi) is 3.52. The van der Waals surface area contributed by atoms with E-state index in [1.54, 1.807) is 6.92 Å². The van der Waals surface area contributed by atoms with Gasteiger partial charge in [0, 0.05) is 5.69 Å². The summed E-state index contributed by atoms with van der Waals surface area (Å²) >= 11 is 2.88. The van der Waals surface area contributed by atoms with Crippen LogP contribution in [0.25, 0.3) is 0 Å². The maximum absolute atomic E-state index is 11.4. The Bertz CT molecular complexity index is 452. The smallest absolute Gasteiger partial charge is 0.343 e. The van der Waals surface area contributed by atoms with Crippen LogP contribution in [0, 0.1) is 6.92 Å². The monoisotopic (exact) mass is 275 g/mol. The van der Waals surface area contributed by atoms with Crippen molar-refractivity contribution in [2.45, 2.75) is 13.8 Å². The van der Waals surface area contributed by atoms with Crippen molar-refractivity contribution in [2.24, 2.45) is 0 Å². The quantitative estimate of drug-likeness (QED) is 0.798. The number of hydrogen-bond donors (Lipinski definition) is 2. The normalized spacial score (nSPS) is 10.1. The van der Waals surface area contributed by atoms with Crippen LogP contribution in [0.3, 0.4) is 0 Å². The van der Waals surface area contributed by atoms with Crippen LogP contribution in [0.2, 0.25) is 0 Å². The summed E-state index contributed by atoms with van der Waals surface area (Å²) in [6.07, 6.45) is 0. The van der Waals surface area contributed by atoms with Crippen LogP contribution in [0.1, 0.15) is 23.0 Å². The number of esters is 1. The molecule has 1 rings (SSSR count). The number of carbonyl (C=O) groups is 1. The molecule has 0 aliphatic heterocycles. The first-order valence-electron chi connectivity index (χ1n) is 4.27. The van der Waals surface area contributed by atoms with Gasteiger partial charge in [0.25, 0.3) is 5.56 Å². The Morgan fingerprint density at radius 1 is 1.60 bits per heavy atom. The highest BCUT2D eigenvalue weighted by Crippen LogP contribution is 2.26. The lowest BCUT2D eigenvalue weighted by Gasteiger charge is -2.08. The number of aromatic hydroxyl groups is 1. The molecule has 0 fully saturated rings. The minimum absolute atomic E-state index is 0.0247. The topological polar surface area (TPSA) is 79.4 Å². The highest BCUT2D eigenvalue weighted by Gasteiger charge is 2.20. The van der Waals surface area contributed by atoms with Gasteiger partial charge in [0.2, 0.25) is 0 Å². The molecule has 0 saturated heterocycles. The average Bonchev–Trinajstić information content (AvgIpc) is 2.15. The number of nitrogens with one attached hydrogen (secondary N) is 1. The van der Waals surface area contributed by atoms with E-state index in [0.717, 1.165) is 0 Å². The molecule has 0 aliphatic rings. The van der Waals surface area contributed by atoms with Gasteiger partial charge in [0.15, 0.2) is 5.75 Å². The van der Waals surface area contributed by atoms with Crippen LogP contribution in [0.5, 0.6) is 5.75 Å². The third-order valence-corrected chi connectivity index (χ3v) is 2.54. The number of ether oxygens (including phenoxy) is 1. The summed E-state index contributed by atoms with van der Waals surface area (Å²) in [7, 11) is 0. The van der Waals surface area contributed by atoms with E-state index >= 15 is 0 Å². The molecule has 0 amide bonds. The molecule has 6 heteroatoms. The Labute approximate surface area is 94.2 Å². The van der Waals surface area contributed by atoms with Crippen molar-refractivity contribution in [1.82, 2.24) is 4.98 Å². The molecule has 15 heavy (non-hydrogen) atoms. The van der Waals surface area contributed by atoms with E-state index in [-0.39, 0.29) is 22.3 Å². The molecule has 0 bridgehead atoms. The van der Waals surface area contributed by atoms with E-state index in [0.29, 0.717) is 0 Å². The molecule has 82 valence electrons. The van der Waals surface area contributed by atoms with Gasteiger partial charge in [-0.05, 0) is 29.8 Å². The van der Waals surface area contributed by atoms with Gasteiger partial charge in [0.05, 0.1) is 6.61 Å². The van der Waals surface area contributed by atoms with E-state index in [9.17, 15) is 14.7 Å². The Balaban J connectivity index is 3.36. The van der Waals surface area contributed by atoms with E-state index in [1.165, 1.54) is 6.92 Å². The molecule has 1 aromatic heterocycles. The zero-order valence-electron chi connectivity index (χ0n) is 8.26. The number of pyridine rings is 1. The molecule has 0 aliphatic carbocycles. The molecule has 1 heterocycles. The summed E-state index contributed by atoms with van der Waals surface area (Å²) in [5, 5.41) is 9.59. The number of aromatic nitrogens is 1. The third-order valence-electron chi connectivity index (χ3n) is 1.80. The fourth-order valence-electron chi connectivity index (χ4n) is 1.14. The van der Waals surface area contributed by atoms with Crippen molar-refractivity contribution < 1.29 is 14.6 Å². The lowest BCUT2D eigenvalue weighted by atomic mass is 10.2. The van der Waals surface area contributed by atoms with Crippen LogP contribution in [-0.2, 0) is 4.74 Å². The van der Waals surface area contributed by atoms with Gasteiger partial charge in [-0.1, -0.05) is 0 Å². The van der Waals surface area contributed by atoms with Crippen molar-refractivity contribution in [3.63, 3.8) is 0 Å². The summed E-state index contributed by atoms with van der Waals surface area (Å²) in [6, 6.07) is 0. The molecular weight excluding hydrogens is 266 g/mol. The molecule has 0 radical (unpaired) electrons. The highest BCUT2D eigenvalue weighted by molar-refractivity contribution is 9.10. The number of aryl methyl sites for hydroxylation is 1. The first-order chi connectivity index (χ1) is 6.99. The zero-order chi connectivity index (χ0) is 11.6. The van der Waals surface area contributed by atoms with Gasteiger partial charge in [0.1, 0.15) is 10.0 Å². The molecule has 1 aromatic rings. The number of aromatic amines is 1. The summed E-state index contributed by atoms with van der Waals surface area (Å²) in [6.45, 7) is 3.37. The molecule has 0 unspecified atom stereocenters. The lowest BCUT2D eigenvalue weighted by Crippen LogP contribution is -2.15. The fraction of sp³-hybridized carbons (Fsp3) is 0.333. The number of rotatable bonds is 2. The molecule has 0 spiro atoms. The number of halogens is 1. The SMILES string of the molecule is CCOC(=O)c1c(C)[nH]c(=O)c(Br)c1O. The maximum atomic E-state index is 11.4. The van der Waals surface area contributed by atoms with Gasteiger partial charge in [-0.15, -0.1) is 0 Å². The van der Waals surface area contributed by atoms with E-state index in [1.807, 2.05) is 0 Å².